The van der Waals surface area contributed by atoms with E-state index >= 15 is 0 Å². The van der Waals surface area contributed by atoms with Gasteiger partial charge in [-0.05, 0) is 57.8 Å². The largest absolute Gasteiger partial charge is 0.353 e. The minimum absolute atomic E-state index is 0.00325. The molecule has 2 rings (SSSR count). The third-order valence-electron chi connectivity index (χ3n) is 4.51. The summed E-state index contributed by atoms with van der Waals surface area (Å²) in [6, 6.07) is 7.74. The average molecular weight is 378 g/mol. The zero-order valence-corrected chi connectivity index (χ0v) is 16.9. The molecule has 2 amide bonds. The molecule has 0 spiro atoms. The van der Waals surface area contributed by atoms with Crippen molar-refractivity contribution in [3.05, 3.63) is 29.8 Å². The lowest BCUT2D eigenvalue weighted by Gasteiger charge is -2.32. The van der Waals surface area contributed by atoms with Crippen molar-refractivity contribution >= 4 is 23.6 Å². The number of amides is 2. The van der Waals surface area contributed by atoms with Crippen LogP contribution >= 0.6 is 11.8 Å². The topological polar surface area (TPSA) is 61.4 Å². The number of hydrogen-bond donors (Lipinski definition) is 2. The van der Waals surface area contributed by atoms with Crippen LogP contribution in [0, 0.1) is 5.92 Å². The number of carbonyl (C=O) groups excluding carboxylic acids is 2. The van der Waals surface area contributed by atoms with Crippen LogP contribution in [0.15, 0.2) is 29.2 Å². The predicted octanol–water partition coefficient (Wildman–Crippen LogP) is 2.77. The van der Waals surface area contributed by atoms with Crippen LogP contribution in [0.5, 0.6) is 0 Å². The highest BCUT2D eigenvalue weighted by atomic mass is 32.2. The third kappa shape index (κ3) is 6.32. The molecule has 6 heteroatoms. The fraction of sp³-hybridized carbons (Fsp3) is 0.600. The molecule has 0 aliphatic carbocycles. The average Bonchev–Trinajstić information content (AvgIpc) is 2.64. The minimum atomic E-state index is -0.00325. The third-order valence-corrected chi connectivity index (χ3v) is 5.58. The highest BCUT2D eigenvalue weighted by Crippen LogP contribution is 2.26. The summed E-state index contributed by atoms with van der Waals surface area (Å²) in [7, 11) is 0. The van der Waals surface area contributed by atoms with Gasteiger partial charge in [-0.1, -0.05) is 19.1 Å². The Hall–Kier alpha value is -1.53. The molecule has 1 saturated heterocycles. The van der Waals surface area contributed by atoms with Crippen LogP contribution in [0.3, 0.4) is 0 Å². The number of piperidine rings is 1. The van der Waals surface area contributed by atoms with Gasteiger partial charge < -0.3 is 15.5 Å². The Bertz CT molecular complexity index is 598. The maximum atomic E-state index is 13.0. The highest BCUT2D eigenvalue weighted by Gasteiger charge is 2.25. The van der Waals surface area contributed by atoms with E-state index in [0.717, 1.165) is 43.9 Å². The van der Waals surface area contributed by atoms with Crippen molar-refractivity contribution in [2.45, 2.75) is 44.6 Å². The minimum Gasteiger partial charge on any atom is -0.353 e. The SMILES string of the molecule is CCNCC1CCN(C(=O)c2ccccc2SCC(=O)NC(C)C)CC1. The molecule has 2 N–H and O–H groups in total. The lowest BCUT2D eigenvalue weighted by atomic mass is 9.96. The van der Waals surface area contributed by atoms with Crippen LogP contribution in [0.25, 0.3) is 0 Å². The second-order valence-electron chi connectivity index (χ2n) is 7.05. The first-order valence-electron chi connectivity index (χ1n) is 9.52. The molecule has 1 aliphatic rings. The summed E-state index contributed by atoms with van der Waals surface area (Å²) in [5, 5.41) is 6.28. The van der Waals surface area contributed by atoms with Crippen molar-refractivity contribution in [1.82, 2.24) is 15.5 Å². The normalized spacial score (nSPS) is 15.3. The van der Waals surface area contributed by atoms with Crippen LogP contribution in [-0.2, 0) is 4.79 Å². The fourth-order valence-electron chi connectivity index (χ4n) is 3.14. The molecule has 0 bridgehead atoms. The molecule has 0 unspecified atom stereocenters. The second kappa shape index (κ2) is 10.6. The van der Waals surface area contributed by atoms with Crippen molar-refractivity contribution in [1.29, 1.82) is 0 Å². The van der Waals surface area contributed by atoms with Crippen LogP contribution in [0.4, 0.5) is 0 Å². The Morgan fingerprint density at radius 1 is 1.23 bits per heavy atom. The van der Waals surface area contributed by atoms with Gasteiger partial charge in [0.05, 0.1) is 11.3 Å². The van der Waals surface area contributed by atoms with Gasteiger partial charge in [-0.3, -0.25) is 9.59 Å². The number of rotatable bonds is 8. The molecule has 1 aromatic rings. The van der Waals surface area contributed by atoms with Crippen LogP contribution in [0.1, 0.15) is 44.0 Å². The van der Waals surface area contributed by atoms with E-state index in [9.17, 15) is 9.59 Å². The molecule has 1 aliphatic heterocycles. The predicted molar refractivity (Wildman–Crippen MR) is 108 cm³/mol. The molecule has 1 fully saturated rings. The molecule has 1 aromatic carbocycles. The Morgan fingerprint density at radius 3 is 2.58 bits per heavy atom. The number of benzene rings is 1. The maximum Gasteiger partial charge on any atom is 0.254 e. The van der Waals surface area contributed by atoms with E-state index in [1.807, 2.05) is 43.0 Å². The molecule has 1 heterocycles. The Morgan fingerprint density at radius 2 is 1.92 bits per heavy atom. The molecule has 144 valence electrons. The van der Waals surface area contributed by atoms with Gasteiger partial charge in [0.1, 0.15) is 0 Å². The Balaban J connectivity index is 1.94. The molecule has 0 radical (unpaired) electrons. The van der Waals surface area contributed by atoms with Crippen molar-refractivity contribution < 1.29 is 9.59 Å². The maximum absolute atomic E-state index is 13.0. The van der Waals surface area contributed by atoms with Crippen molar-refractivity contribution in [3.63, 3.8) is 0 Å². The lowest BCUT2D eigenvalue weighted by Crippen LogP contribution is -2.41. The Labute approximate surface area is 161 Å². The molecule has 0 atom stereocenters. The van der Waals surface area contributed by atoms with E-state index in [4.69, 9.17) is 0 Å². The zero-order chi connectivity index (χ0) is 18.9. The number of nitrogens with one attached hydrogen (secondary N) is 2. The monoisotopic (exact) mass is 377 g/mol. The number of likely N-dealkylation sites (tertiary alicyclic amines) is 1. The van der Waals surface area contributed by atoms with E-state index in [2.05, 4.69) is 17.6 Å². The molecular weight excluding hydrogens is 346 g/mol. The van der Waals surface area contributed by atoms with E-state index in [1.54, 1.807) is 0 Å². The summed E-state index contributed by atoms with van der Waals surface area (Å²) in [5.74, 6) is 1.06. The van der Waals surface area contributed by atoms with Crippen LogP contribution < -0.4 is 10.6 Å². The summed E-state index contributed by atoms with van der Waals surface area (Å²) >= 11 is 1.43. The van der Waals surface area contributed by atoms with Gasteiger partial charge in [-0.15, -0.1) is 11.8 Å². The van der Waals surface area contributed by atoms with Gasteiger partial charge >= 0.3 is 0 Å². The number of carbonyl (C=O) groups is 2. The van der Waals surface area contributed by atoms with E-state index < -0.39 is 0 Å². The van der Waals surface area contributed by atoms with Crippen molar-refractivity contribution in [2.75, 3.05) is 31.9 Å². The molecular formula is C20H31N3O2S. The van der Waals surface area contributed by atoms with Gasteiger partial charge in [-0.25, -0.2) is 0 Å². The number of thioether (sulfide) groups is 1. The molecule has 26 heavy (non-hydrogen) atoms. The lowest BCUT2D eigenvalue weighted by molar-refractivity contribution is -0.119. The summed E-state index contributed by atoms with van der Waals surface area (Å²) in [6.45, 7) is 9.65. The smallest absolute Gasteiger partial charge is 0.254 e. The number of nitrogens with zero attached hydrogens (tertiary/aromatic N) is 1. The quantitative estimate of drug-likeness (QED) is 0.684. The summed E-state index contributed by atoms with van der Waals surface area (Å²) in [6.07, 6.45) is 2.09. The molecule has 0 saturated carbocycles. The first-order valence-corrected chi connectivity index (χ1v) is 10.5. The summed E-state index contributed by atoms with van der Waals surface area (Å²) in [4.78, 5) is 27.7. The highest BCUT2D eigenvalue weighted by molar-refractivity contribution is 8.00. The van der Waals surface area contributed by atoms with Crippen molar-refractivity contribution in [3.8, 4) is 0 Å². The van der Waals surface area contributed by atoms with Gasteiger partial charge in [0.25, 0.3) is 5.91 Å². The fourth-order valence-corrected chi connectivity index (χ4v) is 3.99. The van der Waals surface area contributed by atoms with E-state index in [-0.39, 0.29) is 17.9 Å². The van der Waals surface area contributed by atoms with Crippen LogP contribution in [0.2, 0.25) is 0 Å². The Kier molecular flexibility index (Phi) is 8.45. The molecule has 0 aromatic heterocycles. The van der Waals surface area contributed by atoms with Gasteiger partial charge in [0.2, 0.25) is 5.91 Å². The first-order chi connectivity index (χ1) is 12.5. The number of hydrogen-bond acceptors (Lipinski definition) is 4. The first kappa shape index (κ1) is 20.8. The summed E-state index contributed by atoms with van der Waals surface area (Å²) in [5.41, 5.74) is 0.708. The second-order valence-corrected chi connectivity index (χ2v) is 8.07. The molecule has 5 nitrogen and oxygen atoms in total. The standard InChI is InChI=1S/C20H31N3O2S/c1-4-21-13-16-9-11-23(12-10-16)20(25)17-7-5-6-8-18(17)26-14-19(24)22-15(2)3/h5-8,15-16,21H,4,9-14H2,1-3H3,(H,22,24). The van der Waals surface area contributed by atoms with Gasteiger partial charge in [-0.2, -0.15) is 0 Å². The van der Waals surface area contributed by atoms with Crippen molar-refractivity contribution in [2.24, 2.45) is 5.92 Å². The van der Waals surface area contributed by atoms with E-state index in [1.165, 1.54) is 11.8 Å². The zero-order valence-electron chi connectivity index (χ0n) is 16.1. The van der Waals surface area contributed by atoms with E-state index in [0.29, 0.717) is 17.2 Å². The van der Waals surface area contributed by atoms with Crippen LogP contribution in [-0.4, -0.2) is 54.7 Å². The van der Waals surface area contributed by atoms with Gasteiger partial charge in [0.15, 0.2) is 0 Å². The van der Waals surface area contributed by atoms with Gasteiger partial charge in [0, 0.05) is 24.0 Å². The summed E-state index contributed by atoms with van der Waals surface area (Å²) < 4.78 is 0.